The van der Waals surface area contributed by atoms with Gasteiger partial charge in [0.15, 0.2) is 0 Å². The lowest BCUT2D eigenvalue weighted by atomic mass is 9.77. The molecule has 0 saturated heterocycles. The van der Waals surface area contributed by atoms with E-state index in [9.17, 15) is 0 Å². The van der Waals surface area contributed by atoms with Gasteiger partial charge < -0.3 is 0 Å². The molecular weight excluding hydrogens is 223 g/mol. The van der Waals surface area contributed by atoms with Gasteiger partial charge in [0.05, 0.1) is 0 Å². The Hall–Kier alpha value is -0.870. The van der Waals surface area contributed by atoms with Gasteiger partial charge in [-0.3, -0.25) is 0 Å². The van der Waals surface area contributed by atoms with Crippen molar-refractivity contribution in [3.8, 4) is 0 Å². The molecule has 0 nitrogen and oxygen atoms in total. The van der Waals surface area contributed by atoms with Crippen LogP contribution in [0.3, 0.4) is 0 Å². The maximum atomic E-state index is 2.41. The molecule has 0 amide bonds. The summed E-state index contributed by atoms with van der Waals surface area (Å²) in [5.74, 6) is 0. The molecule has 1 unspecified atom stereocenters. The summed E-state index contributed by atoms with van der Waals surface area (Å²) < 4.78 is 0. The van der Waals surface area contributed by atoms with Crippen LogP contribution in [0.4, 0.5) is 0 Å². The molecule has 2 rings (SSSR count). The van der Waals surface area contributed by atoms with Crippen molar-refractivity contribution in [3.63, 3.8) is 0 Å². The Balaban J connectivity index is 2.37. The van der Waals surface area contributed by atoms with E-state index in [1.807, 2.05) is 0 Å². The van der Waals surface area contributed by atoms with Crippen LogP contribution in [0.2, 0.25) is 0 Å². The second-order valence-electron chi connectivity index (χ2n) is 5.26. The van der Waals surface area contributed by atoms with Crippen LogP contribution in [0.5, 0.6) is 0 Å². The van der Waals surface area contributed by atoms with Crippen molar-refractivity contribution in [1.82, 2.24) is 0 Å². The lowest BCUT2D eigenvalue weighted by Crippen LogP contribution is -2.28. The van der Waals surface area contributed by atoms with Crippen LogP contribution < -0.4 is 0 Å². The molecule has 1 aliphatic rings. The van der Waals surface area contributed by atoms with Gasteiger partial charge in [-0.15, -0.1) is 7.92 Å². The zero-order valence-electron chi connectivity index (χ0n) is 11.0. The fourth-order valence-electron chi connectivity index (χ4n) is 2.67. The standard InChI is InChI=1S/C16H21P/c1-16(13-17(2)3,15-11-7-8-12-15)14-9-5-4-6-10-14/h4-11H,12-13H2,1-3H3. The Morgan fingerprint density at radius 1 is 1.18 bits per heavy atom. The van der Waals surface area contributed by atoms with Crippen LogP contribution in [-0.2, 0) is 5.41 Å². The average molecular weight is 244 g/mol. The second-order valence-corrected chi connectivity index (χ2v) is 7.74. The molecule has 0 aliphatic heterocycles. The predicted molar refractivity (Wildman–Crippen MR) is 79.3 cm³/mol. The van der Waals surface area contributed by atoms with Gasteiger partial charge >= 0.3 is 0 Å². The van der Waals surface area contributed by atoms with Crippen LogP contribution in [-0.4, -0.2) is 19.5 Å². The summed E-state index contributed by atoms with van der Waals surface area (Å²) in [5, 5.41) is 0. The first-order valence-electron chi connectivity index (χ1n) is 6.19. The minimum absolute atomic E-state index is 0.103. The Bertz CT molecular complexity index is 428. The van der Waals surface area contributed by atoms with E-state index in [1.54, 1.807) is 5.57 Å². The summed E-state index contributed by atoms with van der Waals surface area (Å²) in [6.07, 6.45) is 9.18. The van der Waals surface area contributed by atoms with Crippen molar-refractivity contribution in [3.05, 3.63) is 59.7 Å². The van der Waals surface area contributed by atoms with Gasteiger partial charge in [-0.1, -0.05) is 61.1 Å². The summed E-state index contributed by atoms with van der Waals surface area (Å²) in [5.41, 5.74) is 3.26. The summed E-state index contributed by atoms with van der Waals surface area (Å²) >= 11 is 0. The molecule has 90 valence electrons. The molecule has 0 radical (unpaired) electrons. The molecule has 0 bridgehead atoms. The molecule has 1 aliphatic carbocycles. The van der Waals surface area contributed by atoms with Gasteiger partial charge in [-0.2, -0.15) is 0 Å². The van der Waals surface area contributed by atoms with Crippen molar-refractivity contribution in [2.45, 2.75) is 18.8 Å². The van der Waals surface area contributed by atoms with Crippen molar-refractivity contribution in [2.75, 3.05) is 19.5 Å². The van der Waals surface area contributed by atoms with Crippen LogP contribution in [0.25, 0.3) is 0 Å². The van der Waals surface area contributed by atoms with Crippen LogP contribution in [0.1, 0.15) is 18.9 Å². The monoisotopic (exact) mass is 244 g/mol. The number of rotatable bonds is 4. The Kier molecular flexibility index (Phi) is 3.84. The normalized spacial score (nSPS) is 18.2. The third-order valence-electron chi connectivity index (χ3n) is 3.52. The average Bonchev–Trinajstić information content (AvgIpc) is 2.83. The second kappa shape index (κ2) is 5.19. The lowest BCUT2D eigenvalue weighted by Gasteiger charge is -2.34. The van der Waals surface area contributed by atoms with Crippen molar-refractivity contribution < 1.29 is 0 Å². The summed E-state index contributed by atoms with van der Waals surface area (Å²) in [4.78, 5) is 0. The minimum Gasteiger partial charge on any atom is -0.112 e. The Morgan fingerprint density at radius 3 is 2.41 bits per heavy atom. The first-order valence-corrected chi connectivity index (χ1v) is 8.61. The first-order chi connectivity index (χ1) is 8.13. The van der Waals surface area contributed by atoms with Gasteiger partial charge in [0, 0.05) is 5.41 Å². The largest absolute Gasteiger partial charge is 0.112 e. The minimum atomic E-state index is 0.103. The topological polar surface area (TPSA) is 0 Å². The number of hydrogen-bond acceptors (Lipinski definition) is 0. The third kappa shape index (κ3) is 2.69. The van der Waals surface area contributed by atoms with Gasteiger partial charge in [0.25, 0.3) is 0 Å². The molecule has 1 heteroatoms. The fraction of sp³-hybridized carbons (Fsp3) is 0.375. The number of hydrogen-bond donors (Lipinski definition) is 0. The zero-order chi connectivity index (χ0) is 12.3. The molecule has 0 saturated carbocycles. The molecule has 0 aromatic heterocycles. The highest BCUT2D eigenvalue weighted by Crippen LogP contribution is 2.44. The molecule has 0 spiro atoms. The van der Waals surface area contributed by atoms with Crippen LogP contribution in [0.15, 0.2) is 54.1 Å². The molecule has 0 N–H and O–H groups in total. The predicted octanol–water partition coefficient (Wildman–Crippen LogP) is 4.57. The third-order valence-corrected chi connectivity index (χ3v) is 4.79. The molecule has 1 atom stereocenters. The van der Waals surface area contributed by atoms with Crippen molar-refractivity contribution in [2.24, 2.45) is 0 Å². The van der Waals surface area contributed by atoms with E-state index >= 15 is 0 Å². The highest BCUT2D eigenvalue weighted by atomic mass is 31.1. The van der Waals surface area contributed by atoms with E-state index in [1.165, 1.54) is 11.7 Å². The quantitative estimate of drug-likeness (QED) is 0.680. The molecule has 17 heavy (non-hydrogen) atoms. The first kappa shape index (κ1) is 12.6. The summed E-state index contributed by atoms with van der Waals surface area (Å²) in [6.45, 7) is 7.16. The molecule has 0 fully saturated rings. The smallest absolute Gasteiger partial charge is 0.0178 e. The van der Waals surface area contributed by atoms with Crippen molar-refractivity contribution >= 4 is 7.92 Å². The molecular formula is C16H21P. The van der Waals surface area contributed by atoms with E-state index in [4.69, 9.17) is 0 Å². The van der Waals surface area contributed by atoms with Crippen LogP contribution >= 0.6 is 7.92 Å². The maximum Gasteiger partial charge on any atom is 0.0178 e. The van der Waals surface area contributed by atoms with Gasteiger partial charge in [0.1, 0.15) is 0 Å². The summed E-state index contributed by atoms with van der Waals surface area (Å²) in [7, 11) is 0.103. The van der Waals surface area contributed by atoms with E-state index in [-0.39, 0.29) is 13.3 Å². The fourth-order valence-corrected chi connectivity index (χ4v) is 4.32. The highest BCUT2D eigenvalue weighted by molar-refractivity contribution is 7.56. The summed E-state index contributed by atoms with van der Waals surface area (Å²) in [6, 6.07) is 11.0. The van der Waals surface area contributed by atoms with Gasteiger partial charge in [-0.25, -0.2) is 0 Å². The molecule has 1 aromatic carbocycles. The number of allylic oxidation sites excluding steroid dienone is 4. The number of benzene rings is 1. The SMILES string of the molecule is CP(C)CC(C)(C1=CC=CC1)c1ccccc1. The van der Waals surface area contributed by atoms with Gasteiger partial charge in [0.2, 0.25) is 0 Å². The van der Waals surface area contributed by atoms with Crippen molar-refractivity contribution in [1.29, 1.82) is 0 Å². The van der Waals surface area contributed by atoms with E-state index in [0.717, 1.165) is 6.42 Å². The zero-order valence-corrected chi connectivity index (χ0v) is 11.9. The van der Waals surface area contributed by atoms with Gasteiger partial charge in [-0.05, 0) is 31.5 Å². The maximum absolute atomic E-state index is 2.41. The highest BCUT2D eigenvalue weighted by Gasteiger charge is 2.31. The lowest BCUT2D eigenvalue weighted by molar-refractivity contribution is 0.621. The Labute approximate surface area is 106 Å². The van der Waals surface area contributed by atoms with E-state index < -0.39 is 0 Å². The van der Waals surface area contributed by atoms with Crippen LogP contribution in [0, 0.1) is 0 Å². The van der Waals surface area contributed by atoms with E-state index in [0.29, 0.717) is 0 Å². The molecule has 1 aromatic rings. The Morgan fingerprint density at radius 2 is 1.88 bits per heavy atom. The molecule has 0 heterocycles. The van der Waals surface area contributed by atoms with E-state index in [2.05, 4.69) is 68.8 Å².